The molecule has 0 saturated carbocycles. The Kier molecular flexibility index (Phi) is 6.11. The molecule has 0 unspecified atom stereocenters. The summed E-state index contributed by atoms with van der Waals surface area (Å²) >= 11 is 0. The number of carbonyl (C=O) groups excluding carboxylic acids is 1. The molecule has 1 amide bonds. The van der Waals surface area contributed by atoms with Crippen molar-refractivity contribution in [1.82, 2.24) is 14.8 Å². The SMILES string of the molecule is COc1cccc(C(=O)N2CCC3(CC2)COCCN(Cc2ccncc2)C3)c1. The number of pyridine rings is 1. The molecule has 6 nitrogen and oxygen atoms in total. The maximum Gasteiger partial charge on any atom is 0.253 e. The predicted molar refractivity (Wildman–Crippen MR) is 111 cm³/mol. The predicted octanol–water partition coefficient (Wildman–Crippen LogP) is 2.85. The van der Waals surface area contributed by atoms with E-state index < -0.39 is 0 Å². The molecule has 4 rings (SSSR count). The third kappa shape index (κ3) is 4.77. The van der Waals surface area contributed by atoms with Gasteiger partial charge >= 0.3 is 0 Å². The lowest BCUT2D eigenvalue weighted by molar-refractivity contribution is 0.0145. The highest BCUT2D eigenvalue weighted by atomic mass is 16.5. The molecule has 2 saturated heterocycles. The van der Waals surface area contributed by atoms with Gasteiger partial charge in [-0.25, -0.2) is 0 Å². The fourth-order valence-electron chi connectivity index (χ4n) is 4.39. The molecule has 1 aromatic heterocycles. The largest absolute Gasteiger partial charge is 0.497 e. The lowest BCUT2D eigenvalue weighted by Crippen LogP contribution is -2.48. The van der Waals surface area contributed by atoms with E-state index in [0.29, 0.717) is 11.3 Å². The number of piperidine rings is 1. The van der Waals surface area contributed by atoms with Gasteiger partial charge in [-0.05, 0) is 48.7 Å². The number of benzene rings is 1. The summed E-state index contributed by atoms with van der Waals surface area (Å²) in [5.41, 5.74) is 2.09. The van der Waals surface area contributed by atoms with Gasteiger partial charge in [0, 0.05) is 56.1 Å². The summed E-state index contributed by atoms with van der Waals surface area (Å²) in [6.07, 6.45) is 5.63. The molecule has 6 heteroatoms. The van der Waals surface area contributed by atoms with Gasteiger partial charge < -0.3 is 14.4 Å². The molecule has 29 heavy (non-hydrogen) atoms. The Morgan fingerprint density at radius 1 is 1.17 bits per heavy atom. The maximum atomic E-state index is 12.9. The number of aromatic nitrogens is 1. The van der Waals surface area contributed by atoms with Crippen molar-refractivity contribution in [2.45, 2.75) is 19.4 Å². The average Bonchev–Trinajstić information content (AvgIpc) is 2.96. The quantitative estimate of drug-likeness (QED) is 0.797. The molecular weight excluding hydrogens is 366 g/mol. The van der Waals surface area contributed by atoms with Crippen LogP contribution in [0.4, 0.5) is 0 Å². The van der Waals surface area contributed by atoms with Crippen molar-refractivity contribution >= 4 is 5.91 Å². The molecular formula is C23H29N3O3. The van der Waals surface area contributed by atoms with Crippen molar-refractivity contribution in [2.24, 2.45) is 5.41 Å². The van der Waals surface area contributed by atoms with Crippen LogP contribution in [0.5, 0.6) is 5.75 Å². The van der Waals surface area contributed by atoms with E-state index in [-0.39, 0.29) is 11.3 Å². The highest BCUT2D eigenvalue weighted by molar-refractivity contribution is 5.94. The number of amides is 1. The number of carbonyl (C=O) groups is 1. The molecule has 0 aliphatic carbocycles. The average molecular weight is 396 g/mol. The molecule has 0 N–H and O–H groups in total. The second-order valence-corrected chi connectivity index (χ2v) is 8.14. The van der Waals surface area contributed by atoms with E-state index in [1.54, 1.807) is 7.11 Å². The van der Waals surface area contributed by atoms with Crippen molar-refractivity contribution in [2.75, 3.05) is 46.5 Å². The number of likely N-dealkylation sites (tertiary alicyclic amines) is 1. The van der Waals surface area contributed by atoms with Gasteiger partial charge in [0.25, 0.3) is 5.91 Å². The van der Waals surface area contributed by atoms with Gasteiger partial charge in [-0.1, -0.05) is 6.07 Å². The first-order valence-electron chi connectivity index (χ1n) is 10.3. The molecule has 3 heterocycles. The fourth-order valence-corrected chi connectivity index (χ4v) is 4.39. The fraction of sp³-hybridized carbons (Fsp3) is 0.478. The minimum absolute atomic E-state index is 0.0851. The summed E-state index contributed by atoms with van der Waals surface area (Å²) in [5, 5.41) is 0. The molecule has 0 atom stereocenters. The molecule has 1 aromatic carbocycles. The molecule has 1 spiro atoms. The van der Waals surface area contributed by atoms with Gasteiger partial charge in [0.05, 0.1) is 20.3 Å². The maximum absolute atomic E-state index is 12.9. The summed E-state index contributed by atoms with van der Waals surface area (Å²) < 4.78 is 11.3. The molecule has 2 aromatic rings. The molecule has 154 valence electrons. The number of hydrogen-bond donors (Lipinski definition) is 0. The third-order valence-corrected chi connectivity index (χ3v) is 6.10. The summed E-state index contributed by atoms with van der Waals surface area (Å²) in [6.45, 7) is 5.94. The van der Waals surface area contributed by atoms with Crippen LogP contribution in [0.3, 0.4) is 0 Å². The first-order chi connectivity index (χ1) is 14.2. The van der Waals surface area contributed by atoms with Gasteiger partial charge in [-0.3, -0.25) is 14.7 Å². The second kappa shape index (κ2) is 8.93. The van der Waals surface area contributed by atoms with Crippen molar-refractivity contribution in [3.05, 3.63) is 59.9 Å². The number of rotatable bonds is 4. The van der Waals surface area contributed by atoms with E-state index in [9.17, 15) is 4.79 Å². The summed E-state index contributed by atoms with van der Waals surface area (Å²) in [7, 11) is 1.62. The van der Waals surface area contributed by atoms with Crippen LogP contribution in [-0.4, -0.2) is 67.2 Å². The molecule has 2 aliphatic rings. The standard InChI is InChI=1S/C23H29N3O3/c1-28-21-4-2-3-20(15-21)22(27)26-11-7-23(8-12-26)17-25(13-14-29-18-23)16-19-5-9-24-10-6-19/h2-6,9-10,15H,7-8,11-14,16-18H2,1H3. The smallest absolute Gasteiger partial charge is 0.253 e. The lowest BCUT2D eigenvalue weighted by Gasteiger charge is -2.42. The zero-order valence-corrected chi connectivity index (χ0v) is 17.0. The Bertz CT molecular complexity index is 819. The van der Waals surface area contributed by atoms with Crippen molar-refractivity contribution in [3.8, 4) is 5.75 Å². The van der Waals surface area contributed by atoms with Crippen molar-refractivity contribution < 1.29 is 14.3 Å². The Morgan fingerprint density at radius 2 is 1.97 bits per heavy atom. The zero-order chi connectivity index (χ0) is 20.1. The molecule has 0 bridgehead atoms. The van der Waals surface area contributed by atoms with E-state index in [4.69, 9.17) is 9.47 Å². The van der Waals surface area contributed by atoms with Crippen LogP contribution in [0.25, 0.3) is 0 Å². The summed E-state index contributed by atoms with van der Waals surface area (Å²) in [6, 6.07) is 11.6. The topological polar surface area (TPSA) is 54.9 Å². The Hall–Kier alpha value is -2.44. The van der Waals surface area contributed by atoms with E-state index in [1.807, 2.05) is 41.6 Å². The minimum atomic E-state index is 0.0851. The van der Waals surface area contributed by atoms with Gasteiger partial charge in [0.1, 0.15) is 5.75 Å². The Labute approximate surface area is 172 Å². The number of nitrogens with zero attached hydrogens (tertiary/aromatic N) is 3. The zero-order valence-electron chi connectivity index (χ0n) is 17.0. The number of hydrogen-bond acceptors (Lipinski definition) is 5. The van der Waals surface area contributed by atoms with Gasteiger partial charge in [0.2, 0.25) is 0 Å². The first kappa shape index (κ1) is 19.9. The van der Waals surface area contributed by atoms with Crippen LogP contribution >= 0.6 is 0 Å². The second-order valence-electron chi connectivity index (χ2n) is 8.14. The van der Waals surface area contributed by atoms with E-state index in [2.05, 4.69) is 22.0 Å². The van der Waals surface area contributed by atoms with Crippen LogP contribution in [0.15, 0.2) is 48.8 Å². The van der Waals surface area contributed by atoms with Crippen LogP contribution in [0.2, 0.25) is 0 Å². The van der Waals surface area contributed by atoms with Crippen molar-refractivity contribution in [3.63, 3.8) is 0 Å². The number of methoxy groups -OCH3 is 1. The van der Waals surface area contributed by atoms with Crippen LogP contribution in [0.1, 0.15) is 28.8 Å². The van der Waals surface area contributed by atoms with E-state index in [0.717, 1.165) is 58.8 Å². The lowest BCUT2D eigenvalue weighted by atomic mass is 9.78. The van der Waals surface area contributed by atoms with Gasteiger partial charge in [-0.2, -0.15) is 0 Å². The van der Waals surface area contributed by atoms with E-state index >= 15 is 0 Å². The monoisotopic (exact) mass is 395 g/mol. The highest BCUT2D eigenvalue weighted by Gasteiger charge is 2.39. The Balaban J connectivity index is 1.39. The summed E-state index contributed by atoms with van der Waals surface area (Å²) in [5.74, 6) is 0.801. The third-order valence-electron chi connectivity index (χ3n) is 6.10. The van der Waals surface area contributed by atoms with Crippen LogP contribution in [0, 0.1) is 5.41 Å². The highest BCUT2D eigenvalue weighted by Crippen LogP contribution is 2.35. The van der Waals surface area contributed by atoms with Crippen LogP contribution in [-0.2, 0) is 11.3 Å². The van der Waals surface area contributed by atoms with Gasteiger partial charge in [-0.15, -0.1) is 0 Å². The van der Waals surface area contributed by atoms with Crippen molar-refractivity contribution in [1.29, 1.82) is 0 Å². The normalized spacial score (nSPS) is 19.7. The first-order valence-corrected chi connectivity index (χ1v) is 10.3. The van der Waals surface area contributed by atoms with E-state index in [1.165, 1.54) is 5.56 Å². The number of ether oxygens (including phenoxy) is 2. The Morgan fingerprint density at radius 3 is 2.72 bits per heavy atom. The summed E-state index contributed by atoms with van der Waals surface area (Å²) in [4.78, 5) is 21.5. The van der Waals surface area contributed by atoms with Gasteiger partial charge in [0.15, 0.2) is 0 Å². The molecule has 2 fully saturated rings. The molecule has 2 aliphatic heterocycles. The van der Waals surface area contributed by atoms with Crippen LogP contribution < -0.4 is 4.74 Å². The molecule has 0 radical (unpaired) electrons. The minimum Gasteiger partial charge on any atom is -0.497 e.